The molecule has 1 N–H and O–H groups in total. The van der Waals surface area contributed by atoms with Crippen molar-refractivity contribution in [2.45, 2.75) is 39.2 Å². The largest absolute Gasteiger partial charge is 0.493 e. The molecule has 4 heteroatoms. The summed E-state index contributed by atoms with van der Waals surface area (Å²) in [4.78, 5) is 12.0. The van der Waals surface area contributed by atoms with Crippen molar-refractivity contribution in [3.63, 3.8) is 0 Å². The number of hydrogen-bond acceptors (Lipinski definition) is 3. The number of ether oxygens (including phenoxy) is 2. The highest BCUT2D eigenvalue weighted by molar-refractivity contribution is 5.79. The average molecular weight is 277 g/mol. The maximum absolute atomic E-state index is 12.0. The van der Waals surface area contributed by atoms with Gasteiger partial charge in [0.15, 0.2) is 11.5 Å². The average Bonchev–Trinajstić information content (AvgIpc) is 2.35. The highest BCUT2D eigenvalue weighted by Gasteiger charge is 2.26. The number of amides is 1. The second kappa shape index (κ2) is 6.16. The molecule has 0 spiro atoms. The van der Waals surface area contributed by atoms with E-state index in [4.69, 9.17) is 9.47 Å². The normalized spacial score (nSPS) is 16.2. The van der Waals surface area contributed by atoms with Crippen LogP contribution < -0.4 is 14.8 Å². The van der Waals surface area contributed by atoms with Gasteiger partial charge in [0.25, 0.3) is 0 Å². The van der Waals surface area contributed by atoms with Gasteiger partial charge in [0.2, 0.25) is 5.91 Å². The molecule has 2 rings (SSSR count). The van der Waals surface area contributed by atoms with Crippen molar-refractivity contribution in [2.75, 3.05) is 14.2 Å². The minimum absolute atomic E-state index is 0.0251. The molecule has 4 nitrogen and oxygen atoms in total. The molecule has 1 aromatic carbocycles. The van der Waals surface area contributed by atoms with Crippen molar-refractivity contribution in [1.29, 1.82) is 0 Å². The van der Waals surface area contributed by atoms with Crippen LogP contribution in [0.3, 0.4) is 0 Å². The van der Waals surface area contributed by atoms with Gasteiger partial charge in [-0.25, -0.2) is 0 Å². The fourth-order valence-corrected chi connectivity index (χ4v) is 2.54. The minimum Gasteiger partial charge on any atom is -0.493 e. The SMILES string of the molecule is COc1cc(C)c([C@H](C)NC(=O)C2CCC2)cc1OC. The smallest absolute Gasteiger partial charge is 0.223 e. The lowest BCUT2D eigenvalue weighted by molar-refractivity contribution is -0.128. The zero-order valence-corrected chi connectivity index (χ0v) is 12.7. The Balaban J connectivity index is 2.15. The van der Waals surface area contributed by atoms with Crippen molar-refractivity contribution in [3.05, 3.63) is 23.3 Å². The van der Waals surface area contributed by atoms with Crippen LogP contribution in [0.4, 0.5) is 0 Å². The standard InChI is InChI=1S/C16H23NO3/c1-10-8-14(19-3)15(20-4)9-13(10)11(2)17-16(18)12-6-5-7-12/h8-9,11-12H,5-7H2,1-4H3,(H,17,18)/t11-/m0/s1. The number of methoxy groups -OCH3 is 2. The maximum atomic E-state index is 12.0. The molecule has 0 bridgehead atoms. The predicted octanol–water partition coefficient (Wildman–Crippen LogP) is 2.99. The van der Waals surface area contributed by atoms with E-state index >= 15 is 0 Å². The lowest BCUT2D eigenvalue weighted by Crippen LogP contribution is -2.36. The molecule has 110 valence electrons. The fraction of sp³-hybridized carbons (Fsp3) is 0.562. The topological polar surface area (TPSA) is 47.6 Å². The third kappa shape index (κ3) is 2.89. The summed E-state index contributed by atoms with van der Waals surface area (Å²) < 4.78 is 10.6. The Morgan fingerprint density at radius 2 is 1.85 bits per heavy atom. The van der Waals surface area contributed by atoms with Crippen molar-refractivity contribution < 1.29 is 14.3 Å². The maximum Gasteiger partial charge on any atom is 0.223 e. The van der Waals surface area contributed by atoms with Crippen LogP contribution in [-0.4, -0.2) is 20.1 Å². The lowest BCUT2D eigenvalue weighted by atomic mass is 9.84. The molecule has 1 aliphatic carbocycles. The van der Waals surface area contributed by atoms with Gasteiger partial charge in [-0.3, -0.25) is 4.79 Å². The van der Waals surface area contributed by atoms with E-state index in [0.29, 0.717) is 11.5 Å². The molecular weight excluding hydrogens is 254 g/mol. The van der Waals surface area contributed by atoms with E-state index in [9.17, 15) is 4.79 Å². The van der Waals surface area contributed by atoms with Gasteiger partial charge in [-0.2, -0.15) is 0 Å². The molecule has 1 atom stereocenters. The van der Waals surface area contributed by atoms with Crippen LogP contribution in [0.2, 0.25) is 0 Å². The summed E-state index contributed by atoms with van der Waals surface area (Å²) in [6.45, 7) is 4.02. The highest BCUT2D eigenvalue weighted by Crippen LogP contribution is 2.33. The lowest BCUT2D eigenvalue weighted by Gasteiger charge is -2.27. The molecule has 1 aromatic rings. The van der Waals surface area contributed by atoms with E-state index in [-0.39, 0.29) is 17.9 Å². The summed E-state index contributed by atoms with van der Waals surface area (Å²) in [5.41, 5.74) is 2.15. The van der Waals surface area contributed by atoms with E-state index < -0.39 is 0 Å². The van der Waals surface area contributed by atoms with Gasteiger partial charge >= 0.3 is 0 Å². The Bertz CT molecular complexity index is 495. The number of carbonyl (C=O) groups excluding carboxylic acids is 1. The first-order valence-electron chi connectivity index (χ1n) is 7.09. The van der Waals surface area contributed by atoms with Gasteiger partial charge in [-0.15, -0.1) is 0 Å². The van der Waals surface area contributed by atoms with E-state index in [1.807, 2.05) is 26.0 Å². The predicted molar refractivity (Wildman–Crippen MR) is 78.2 cm³/mol. The van der Waals surface area contributed by atoms with Gasteiger partial charge in [-0.05, 0) is 49.9 Å². The molecular formula is C16H23NO3. The Hall–Kier alpha value is -1.71. The third-order valence-corrected chi connectivity index (χ3v) is 4.07. The number of nitrogens with one attached hydrogen (secondary N) is 1. The molecule has 0 aliphatic heterocycles. The van der Waals surface area contributed by atoms with Gasteiger partial charge in [0, 0.05) is 5.92 Å². The summed E-state index contributed by atoms with van der Waals surface area (Å²) in [7, 11) is 3.24. The fourth-order valence-electron chi connectivity index (χ4n) is 2.54. The molecule has 1 amide bonds. The Kier molecular flexibility index (Phi) is 4.53. The second-order valence-corrected chi connectivity index (χ2v) is 5.42. The summed E-state index contributed by atoms with van der Waals surface area (Å²) >= 11 is 0. The number of benzene rings is 1. The van der Waals surface area contributed by atoms with Crippen molar-refractivity contribution >= 4 is 5.91 Å². The van der Waals surface area contributed by atoms with E-state index in [0.717, 1.165) is 24.0 Å². The molecule has 1 aliphatic rings. The number of aryl methyl sites for hydroxylation is 1. The molecule has 0 aromatic heterocycles. The van der Waals surface area contributed by atoms with Gasteiger partial charge in [0.05, 0.1) is 20.3 Å². The molecule has 20 heavy (non-hydrogen) atoms. The Morgan fingerprint density at radius 3 is 2.35 bits per heavy atom. The van der Waals surface area contributed by atoms with Gasteiger partial charge in [0.1, 0.15) is 0 Å². The summed E-state index contributed by atoms with van der Waals surface area (Å²) in [6.07, 6.45) is 3.20. The molecule has 0 heterocycles. The van der Waals surface area contributed by atoms with Crippen molar-refractivity contribution in [3.8, 4) is 11.5 Å². The minimum atomic E-state index is -0.0251. The van der Waals surface area contributed by atoms with E-state index in [1.54, 1.807) is 14.2 Å². The van der Waals surface area contributed by atoms with Crippen molar-refractivity contribution in [2.24, 2.45) is 5.92 Å². The molecule has 1 saturated carbocycles. The number of carbonyl (C=O) groups is 1. The number of hydrogen-bond donors (Lipinski definition) is 1. The third-order valence-electron chi connectivity index (χ3n) is 4.07. The van der Waals surface area contributed by atoms with Crippen LogP contribution in [0, 0.1) is 12.8 Å². The summed E-state index contributed by atoms with van der Waals surface area (Å²) in [5, 5.41) is 3.09. The highest BCUT2D eigenvalue weighted by atomic mass is 16.5. The van der Waals surface area contributed by atoms with Crippen LogP contribution >= 0.6 is 0 Å². The van der Waals surface area contributed by atoms with E-state index in [2.05, 4.69) is 5.32 Å². The molecule has 0 radical (unpaired) electrons. The monoisotopic (exact) mass is 277 g/mol. The summed E-state index contributed by atoms with van der Waals surface area (Å²) in [5.74, 6) is 1.78. The molecule has 0 saturated heterocycles. The number of rotatable bonds is 5. The first-order chi connectivity index (χ1) is 9.56. The Morgan fingerprint density at radius 1 is 1.25 bits per heavy atom. The first-order valence-corrected chi connectivity index (χ1v) is 7.09. The van der Waals surface area contributed by atoms with Crippen LogP contribution in [-0.2, 0) is 4.79 Å². The van der Waals surface area contributed by atoms with Gasteiger partial charge in [-0.1, -0.05) is 6.42 Å². The van der Waals surface area contributed by atoms with Gasteiger partial charge < -0.3 is 14.8 Å². The zero-order chi connectivity index (χ0) is 14.7. The van der Waals surface area contributed by atoms with Crippen LogP contribution in [0.15, 0.2) is 12.1 Å². The van der Waals surface area contributed by atoms with Crippen LogP contribution in [0.5, 0.6) is 11.5 Å². The molecule has 0 unspecified atom stereocenters. The van der Waals surface area contributed by atoms with Crippen LogP contribution in [0.25, 0.3) is 0 Å². The Labute approximate surface area is 120 Å². The zero-order valence-electron chi connectivity index (χ0n) is 12.7. The first kappa shape index (κ1) is 14.7. The van der Waals surface area contributed by atoms with Crippen LogP contribution in [0.1, 0.15) is 43.4 Å². The molecule has 1 fully saturated rings. The summed E-state index contributed by atoms with van der Waals surface area (Å²) in [6, 6.07) is 3.86. The van der Waals surface area contributed by atoms with E-state index in [1.165, 1.54) is 6.42 Å². The second-order valence-electron chi connectivity index (χ2n) is 5.42. The quantitative estimate of drug-likeness (QED) is 0.900. The van der Waals surface area contributed by atoms with Crippen molar-refractivity contribution in [1.82, 2.24) is 5.32 Å².